The van der Waals surface area contributed by atoms with Crippen LogP contribution in [-0.2, 0) is 4.79 Å². The second kappa shape index (κ2) is 7.21. The first-order valence-corrected chi connectivity index (χ1v) is 8.01. The van der Waals surface area contributed by atoms with E-state index in [0.29, 0.717) is 18.9 Å². The number of nitrogens with one attached hydrogen (secondary N) is 1. The minimum absolute atomic E-state index is 0.00110. The van der Waals surface area contributed by atoms with Crippen LogP contribution in [0.5, 0.6) is 5.75 Å². The molecule has 0 radical (unpaired) electrons. The molecule has 1 N–H and O–H groups in total. The van der Waals surface area contributed by atoms with Crippen LogP contribution >= 0.6 is 0 Å². The maximum atomic E-state index is 12.5. The summed E-state index contributed by atoms with van der Waals surface area (Å²) in [6, 6.07) is 12.5. The fraction of sp³-hybridized carbons (Fsp3) is 0.278. The number of rotatable bonds is 5. The lowest BCUT2D eigenvalue weighted by atomic mass is 10.3. The van der Waals surface area contributed by atoms with Gasteiger partial charge in [-0.3, -0.25) is 9.69 Å². The molecule has 130 valence electrons. The molecule has 7 heteroatoms. The first kappa shape index (κ1) is 16.8. The smallest absolute Gasteiger partial charge is 0.325 e. The molecule has 0 bridgehead atoms. The lowest BCUT2D eigenvalue weighted by Gasteiger charge is -2.18. The largest absolute Gasteiger partial charge is 0.497 e. The lowest BCUT2D eigenvalue weighted by molar-refractivity contribution is -0.116. The molecule has 7 nitrogen and oxygen atoms in total. The molecule has 0 spiro atoms. The predicted molar refractivity (Wildman–Crippen MR) is 94.9 cm³/mol. The van der Waals surface area contributed by atoms with Gasteiger partial charge in [-0.2, -0.15) is 0 Å². The molecule has 25 heavy (non-hydrogen) atoms. The number of hydrogen-bond acceptors (Lipinski definition) is 4. The molecule has 1 aromatic heterocycles. The Labute approximate surface area is 146 Å². The van der Waals surface area contributed by atoms with Crippen molar-refractivity contribution < 1.29 is 14.3 Å². The summed E-state index contributed by atoms with van der Waals surface area (Å²) in [6.45, 7) is 2.90. The highest BCUT2D eigenvalue weighted by molar-refractivity contribution is 5.99. The minimum atomic E-state index is -0.261. The van der Waals surface area contributed by atoms with Crippen molar-refractivity contribution in [3.63, 3.8) is 0 Å². The van der Waals surface area contributed by atoms with Gasteiger partial charge in [-0.1, -0.05) is 6.07 Å². The molecule has 1 saturated heterocycles. The summed E-state index contributed by atoms with van der Waals surface area (Å²) in [5.74, 6) is 0.962. The fourth-order valence-electron chi connectivity index (χ4n) is 2.70. The van der Waals surface area contributed by atoms with Crippen LogP contribution < -0.4 is 15.0 Å². The number of nitrogens with zero attached hydrogens (tertiary/aromatic N) is 3. The Morgan fingerprint density at radius 1 is 1.20 bits per heavy atom. The van der Waals surface area contributed by atoms with Crippen LogP contribution in [0.25, 0.3) is 0 Å². The fourth-order valence-corrected chi connectivity index (χ4v) is 2.70. The number of urea groups is 1. The summed E-state index contributed by atoms with van der Waals surface area (Å²) < 4.78 is 5.12. The third-order valence-electron chi connectivity index (χ3n) is 3.97. The number of hydrogen-bond donors (Lipinski definition) is 1. The van der Waals surface area contributed by atoms with Crippen molar-refractivity contribution in [1.82, 2.24) is 9.88 Å². The van der Waals surface area contributed by atoms with Crippen molar-refractivity contribution in [2.75, 3.05) is 37.0 Å². The van der Waals surface area contributed by atoms with Crippen molar-refractivity contribution in [1.29, 1.82) is 0 Å². The van der Waals surface area contributed by atoms with Gasteiger partial charge in [0.05, 0.1) is 7.11 Å². The summed E-state index contributed by atoms with van der Waals surface area (Å²) in [6.07, 6.45) is 0. The number of carbonyl (C=O) groups excluding carboxylic acids is 2. The zero-order valence-electron chi connectivity index (χ0n) is 14.2. The van der Waals surface area contributed by atoms with Gasteiger partial charge < -0.3 is 15.0 Å². The van der Waals surface area contributed by atoms with Gasteiger partial charge in [-0.05, 0) is 43.3 Å². The van der Waals surface area contributed by atoms with E-state index in [1.54, 1.807) is 30.2 Å². The van der Waals surface area contributed by atoms with Crippen LogP contribution in [0.15, 0.2) is 42.5 Å². The van der Waals surface area contributed by atoms with Crippen molar-refractivity contribution in [2.45, 2.75) is 6.92 Å². The number of benzene rings is 1. The zero-order chi connectivity index (χ0) is 17.8. The van der Waals surface area contributed by atoms with Crippen LogP contribution in [0.3, 0.4) is 0 Å². The van der Waals surface area contributed by atoms with Gasteiger partial charge in [0.15, 0.2) is 0 Å². The number of carbonyl (C=O) groups is 2. The molecule has 1 fully saturated rings. The number of methoxy groups -OCH3 is 1. The Balaban J connectivity index is 1.60. The molecule has 3 amide bonds. The molecule has 0 aliphatic carbocycles. The highest BCUT2D eigenvalue weighted by atomic mass is 16.5. The molecule has 0 atom stereocenters. The summed E-state index contributed by atoms with van der Waals surface area (Å²) in [5.41, 5.74) is 1.61. The van der Waals surface area contributed by atoms with E-state index in [1.807, 2.05) is 31.2 Å². The van der Waals surface area contributed by atoms with Crippen LogP contribution in [0.2, 0.25) is 0 Å². The number of aromatic nitrogens is 1. The Kier molecular flexibility index (Phi) is 4.83. The molecular weight excluding hydrogens is 320 g/mol. The third kappa shape index (κ3) is 3.88. The molecule has 3 rings (SSSR count). The number of pyridine rings is 1. The number of anilines is 2. The summed E-state index contributed by atoms with van der Waals surface area (Å²) >= 11 is 0. The average molecular weight is 340 g/mol. The Morgan fingerprint density at radius 2 is 1.96 bits per heavy atom. The Bertz CT molecular complexity index is 776. The second-order valence-electron chi connectivity index (χ2n) is 5.77. The number of amides is 3. The van der Waals surface area contributed by atoms with Gasteiger partial charge in [0.1, 0.15) is 18.1 Å². The predicted octanol–water partition coefficient (Wildman–Crippen LogP) is 2.28. The van der Waals surface area contributed by atoms with Crippen LogP contribution in [0.1, 0.15) is 5.69 Å². The number of aryl methyl sites for hydroxylation is 1. The van der Waals surface area contributed by atoms with Crippen molar-refractivity contribution in [3.8, 4) is 5.75 Å². The average Bonchev–Trinajstić information content (AvgIpc) is 2.95. The van der Waals surface area contributed by atoms with E-state index < -0.39 is 0 Å². The van der Waals surface area contributed by atoms with Crippen molar-refractivity contribution in [2.24, 2.45) is 0 Å². The van der Waals surface area contributed by atoms with E-state index in [4.69, 9.17) is 4.74 Å². The maximum Gasteiger partial charge on any atom is 0.325 e. The minimum Gasteiger partial charge on any atom is -0.497 e. The molecule has 2 heterocycles. The first-order valence-electron chi connectivity index (χ1n) is 8.01. The molecule has 1 aromatic carbocycles. The highest BCUT2D eigenvalue weighted by Crippen LogP contribution is 2.23. The summed E-state index contributed by atoms with van der Waals surface area (Å²) in [7, 11) is 1.60. The monoisotopic (exact) mass is 340 g/mol. The van der Waals surface area contributed by atoms with E-state index in [9.17, 15) is 9.59 Å². The quantitative estimate of drug-likeness (QED) is 0.906. The molecule has 0 saturated carbocycles. The first-order chi connectivity index (χ1) is 12.1. The Hall–Kier alpha value is -3.09. The SMILES string of the molecule is COc1ccc(N2CCN(CC(=O)Nc3cccc(C)n3)C2=O)cc1. The zero-order valence-corrected chi connectivity index (χ0v) is 14.2. The van der Waals surface area contributed by atoms with Gasteiger partial charge in [-0.25, -0.2) is 9.78 Å². The maximum absolute atomic E-state index is 12.5. The van der Waals surface area contributed by atoms with Gasteiger partial charge in [0.2, 0.25) is 5.91 Å². The lowest BCUT2D eigenvalue weighted by Crippen LogP contribution is -2.37. The van der Waals surface area contributed by atoms with Gasteiger partial charge in [-0.15, -0.1) is 0 Å². The van der Waals surface area contributed by atoms with Gasteiger partial charge >= 0.3 is 6.03 Å². The van der Waals surface area contributed by atoms with Crippen LogP contribution in [0, 0.1) is 6.92 Å². The van der Waals surface area contributed by atoms with Crippen molar-refractivity contribution >= 4 is 23.4 Å². The van der Waals surface area contributed by atoms with E-state index in [2.05, 4.69) is 10.3 Å². The van der Waals surface area contributed by atoms with Gasteiger partial charge in [0.25, 0.3) is 0 Å². The topological polar surface area (TPSA) is 74.8 Å². The van der Waals surface area contributed by atoms with Crippen LogP contribution in [0.4, 0.5) is 16.3 Å². The second-order valence-corrected chi connectivity index (χ2v) is 5.77. The molecular formula is C18H20N4O3. The Morgan fingerprint density at radius 3 is 2.64 bits per heavy atom. The molecule has 0 unspecified atom stereocenters. The molecule has 2 aromatic rings. The van der Waals surface area contributed by atoms with Crippen LogP contribution in [-0.4, -0.2) is 48.6 Å². The van der Waals surface area contributed by atoms with E-state index in [-0.39, 0.29) is 18.5 Å². The third-order valence-corrected chi connectivity index (χ3v) is 3.97. The summed E-state index contributed by atoms with van der Waals surface area (Å²) in [4.78, 5) is 32.1. The highest BCUT2D eigenvalue weighted by Gasteiger charge is 2.30. The molecule has 1 aliphatic heterocycles. The van der Waals surface area contributed by atoms with E-state index >= 15 is 0 Å². The summed E-state index contributed by atoms with van der Waals surface area (Å²) in [5, 5.41) is 2.72. The van der Waals surface area contributed by atoms with E-state index in [0.717, 1.165) is 17.1 Å². The van der Waals surface area contributed by atoms with Crippen molar-refractivity contribution in [3.05, 3.63) is 48.2 Å². The molecule has 1 aliphatic rings. The normalized spacial score (nSPS) is 13.9. The van der Waals surface area contributed by atoms with E-state index in [1.165, 1.54) is 4.90 Å². The standard InChI is InChI=1S/C18H20N4O3/c1-13-4-3-5-16(19-13)20-17(23)12-21-10-11-22(18(21)24)14-6-8-15(25-2)9-7-14/h3-9H,10-12H2,1-2H3,(H,19,20,23). The number of ether oxygens (including phenoxy) is 1. The van der Waals surface area contributed by atoms with Gasteiger partial charge in [0, 0.05) is 24.5 Å².